The van der Waals surface area contributed by atoms with Crippen LogP contribution in [0.2, 0.25) is 0 Å². The van der Waals surface area contributed by atoms with Gasteiger partial charge in [-0.2, -0.15) is 0 Å². The van der Waals surface area contributed by atoms with Crippen molar-refractivity contribution in [2.75, 3.05) is 18.1 Å². The number of nitrogens with zero attached hydrogens (tertiary/aromatic N) is 1. The number of fused-ring (bicyclic) bond motifs is 1. The molecule has 1 aromatic carbocycles. The molecule has 13 heavy (non-hydrogen) atoms. The fourth-order valence-corrected chi connectivity index (χ4v) is 1.29. The molecule has 0 amide bonds. The van der Waals surface area contributed by atoms with Gasteiger partial charge in [0.2, 0.25) is 0 Å². The maximum absolute atomic E-state index is 5.73. The summed E-state index contributed by atoms with van der Waals surface area (Å²) in [6.45, 7) is 1.96. The van der Waals surface area contributed by atoms with Crippen molar-refractivity contribution in [1.29, 1.82) is 0 Å². The van der Waals surface area contributed by atoms with Crippen LogP contribution in [-0.2, 0) is 0 Å². The highest BCUT2D eigenvalue weighted by molar-refractivity contribution is 5.90. The van der Waals surface area contributed by atoms with Crippen LogP contribution in [0.25, 0.3) is 11.0 Å². The summed E-state index contributed by atoms with van der Waals surface area (Å²) < 4.78 is 5.08. The fourth-order valence-electron chi connectivity index (χ4n) is 1.29. The molecule has 2 aromatic rings. The number of aryl methyl sites for hydroxylation is 1. The molecule has 1 aromatic heterocycles. The van der Waals surface area contributed by atoms with Crippen LogP contribution in [0.5, 0.6) is 0 Å². The zero-order chi connectivity index (χ0) is 9.42. The first-order chi connectivity index (χ1) is 6.22. The number of benzene rings is 1. The Balaban J connectivity index is 2.77. The van der Waals surface area contributed by atoms with Crippen molar-refractivity contribution in [2.24, 2.45) is 0 Å². The van der Waals surface area contributed by atoms with Gasteiger partial charge in [0.1, 0.15) is 0 Å². The van der Waals surface area contributed by atoms with E-state index in [0.29, 0.717) is 5.58 Å². The van der Waals surface area contributed by atoms with Gasteiger partial charge in [-0.1, -0.05) is 5.16 Å². The van der Waals surface area contributed by atoms with Gasteiger partial charge in [-0.05, 0) is 18.6 Å². The molecule has 0 atom stereocenters. The van der Waals surface area contributed by atoms with Crippen molar-refractivity contribution in [2.45, 2.75) is 6.92 Å². The molecule has 0 unspecified atom stereocenters. The van der Waals surface area contributed by atoms with Crippen LogP contribution >= 0.6 is 0 Å². The van der Waals surface area contributed by atoms with E-state index in [-0.39, 0.29) is 0 Å². The lowest BCUT2D eigenvalue weighted by atomic mass is 10.1. The molecule has 68 valence electrons. The first-order valence-electron chi connectivity index (χ1n) is 4.05. The average molecular weight is 177 g/mol. The molecule has 4 heteroatoms. The predicted molar refractivity (Wildman–Crippen MR) is 52.7 cm³/mol. The van der Waals surface area contributed by atoms with E-state index in [2.05, 4.69) is 10.5 Å². The minimum atomic E-state index is 0.715. The zero-order valence-corrected chi connectivity index (χ0v) is 7.59. The lowest BCUT2D eigenvalue weighted by molar-refractivity contribution is 0.460. The van der Waals surface area contributed by atoms with Crippen molar-refractivity contribution in [3.8, 4) is 0 Å². The van der Waals surface area contributed by atoms with Gasteiger partial charge in [-0.25, -0.2) is 0 Å². The predicted octanol–water partition coefficient (Wildman–Crippen LogP) is 1.76. The quantitative estimate of drug-likeness (QED) is 0.651. The zero-order valence-electron chi connectivity index (χ0n) is 7.59. The number of nitrogens with one attached hydrogen (secondary N) is 1. The highest BCUT2D eigenvalue weighted by Gasteiger charge is 2.07. The second-order valence-electron chi connectivity index (χ2n) is 2.99. The third-order valence-electron chi connectivity index (χ3n) is 2.10. The Labute approximate surface area is 75.7 Å². The molecule has 0 fully saturated rings. The van der Waals surface area contributed by atoms with Gasteiger partial charge in [0, 0.05) is 18.8 Å². The first-order valence-corrected chi connectivity index (χ1v) is 4.05. The van der Waals surface area contributed by atoms with Gasteiger partial charge in [0.25, 0.3) is 0 Å². The van der Waals surface area contributed by atoms with Crippen molar-refractivity contribution >= 4 is 22.5 Å². The Morgan fingerprint density at radius 3 is 2.92 bits per heavy atom. The van der Waals surface area contributed by atoms with Gasteiger partial charge in [-0.3, -0.25) is 0 Å². The number of nitrogen functional groups attached to an aromatic ring is 1. The van der Waals surface area contributed by atoms with Crippen molar-refractivity contribution < 1.29 is 4.52 Å². The van der Waals surface area contributed by atoms with Crippen LogP contribution in [0, 0.1) is 6.92 Å². The Kier molecular flexibility index (Phi) is 1.62. The lowest BCUT2D eigenvalue weighted by Gasteiger charge is -1.98. The van der Waals surface area contributed by atoms with Gasteiger partial charge >= 0.3 is 0 Å². The number of hydrogen-bond donors (Lipinski definition) is 2. The molecular weight excluding hydrogens is 166 g/mol. The van der Waals surface area contributed by atoms with Gasteiger partial charge in [0.05, 0.1) is 5.39 Å². The fraction of sp³-hybridized carbons (Fsp3) is 0.222. The number of rotatable bonds is 1. The molecular formula is C9H11N3O. The van der Waals surface area contributed by atoms with Crippen LogP contribution in [0.4, 0.5) is 11.5 Å². The summed E-state index contributed by atoms with van der Waals surface area (Å²) in [5, 5.41) is 7.77. The maximum atomic E-state index is 5.73. The third kappa shape index (κ3) is 1.11. The molecule has 1 heterocycles. The minimum Gasteiger partial charge on any atom is -0.398 e. The topological polar surface area (TPSA) is 64.1 Å². The van der Waals surface area contributed by atoms with Gasteiger partial charge in [-0.15, -0.1) is 0 Å². The van der Waals surface area contributed by atoms with E-state index in [9.17, 15) is 0 Å². The molecule has 3 N–H and O–H groups in total. The molecule has 0 saturated heterocycles. The monoisotopic (exact) mass is 177 g/mol. The van der Waals surface area contributed by atoms with Gasteiger partial charge in [0.15, 0.2) is 11.4 Å². The molecule has 0 saturated carbocycles. The summed E-state index contributed by atoms with van der Waals surface area (Å²) in [5.74, 6) is 0.748. The van der Waals surface area contributed by atoms with Crippen LogP contribution in [0.15, 0.2) is 16.7 Å². The summed E-state index contributed by atoms with van der Waals surface area (Å²) in [4.78, 5) is 0. The Bertz CT molecular complexity index is 447. The van der Waals surface area contributed by atoms with E-state index < -0.39 is 0 Å². The van der Waals surface area contributed by atoms with E-state index in [4.69, 9.17) is 10.3 Å². The SMILES string of the molecule is CNc1noc2cc(N)c(C)cc12. The molecule has 2 rings (SSSR count). The number of hydrogen-bond acceptors (Lipinski definition) is 4. The summed E-state index contributed by atoms with van der Waals surface area (Å²) in [6.07, 6.45) is 0. The Hall–Kier alpha value is -1.71. The van der Waals surface area contributed by atoms with Gasteiger partial charge < -0.3 is 15.6 Å². The molecule has 0 aliphatic heterocycles. The maximum Gasteiger partial charge on any atom is 0.177 e. The van der Waals surface area contributed by atoms with Crippen LogP contribution in [-0.4, -0.2) is 12.2 Å². The normalized spacial score (nSPS) is 10.6. The third-order valence-corrected chi connectivity index (χ3v) is 2.10. The molecule has 0 radical (unpaired) electrons. The first kappa shape index (κ1) is 7.91. The summed E-state index contributed by atoms with van der Waals surface area (Å²) >= 11 is 0. The highest BCUT2D eigenvalue weighted by Crippen LogP contribution is 2.26. The second-order valence-corrected chi connectivity index (χ2v) is 2.99. The summed E-state index contributed by atoms with van der Waals surface area (Å²) in [7, 11) is 1.81. The van der Waals surface area contributed by atoms with E-state index >= 15 is 0 Å². The van der Waals surface area contributed by atoms with Crippen LogP contribution in [0.3, 0.4) is 0 Å². The molecule has 0 aliphatic rings. The minimum absolute atomic E-state index is 0.715. The molecule has 4 nitrogen and oxygen atoms in total. The number of nitrogens with two attached hydrogens (primary N) is 1. The molecule has 0 spiro atoms. The number of anilines is 2. The molecule has 0 bridgehead atoms. The summed E-state index contributed by atoms with van der Waals surface area (Å²) in [5.41, 5.74) is 8.21. The van der Waals surface area contributed by atoms with Crippen molar-refractivity contribution in [3.63, 3.8) is 0 Å². The standard InChI is InChI=1S/C9H11N3O/c1-5-3-6-8(4-7(5)10)13-12-9(6)11-2/h3-4H,10H2,1-2H3,(H,11,12). The Morgan fingerprint density at radius 1 is 1.46 bits per heavy atom. The van der Waals surface area contributed by atoms with Crippen LogP contribution in [0.1, 0.15) is 5.56 Å². The van der Waals surface area contributed by atoms with E-state index in [0.717, 1.165) is 22.5 Å². The van der Waals surface area contributed by atoms with E-state index in [1.807, 2.05) is 20.0 Å². The van der Waals surface area contributed by atoms with Crippen molar-refractivity contribution in [3.05, 3.63) is 17.7 Å². The number of aromatic nitrogens is 1. The largest absolute Gasteiger partial charge is 0.398 e. The van der Waals surface area contributed by atoms with E-state index in [1.165, 1.54) is 0 Å². The molecule has 0 aliphatic carbocycles. The lowest BCUT2D eigenvalue weighted by Crippen LogP contribution is -1.90. The summed E-state index contributed by atoms with van der Waals surface area (Å²) in [6, 6.07) is 3.76. The second kappa shape index (κ2) is 2.65. The smallest absolute Gasteiger partial charge is 0.177 e. The van der Waals surface area contributed by atoms with E-state index in [1.54, 1.807) is 6.07 Å². The Morgan fingerprint density at radius 2 is 2.23 bits per heavy atom. The van der Waals surface area contributed by atoms with Crippen molar-refractivity contribution in [1.82, 2.24) is 5.16 Å². The van der Waals surface area contributed by atoms with Crippen LogP contribution < -0.4 is 11.1 Å². The highest BCUT2D eigenvalue weighted by atomic mass is 16.5. The average Bonchev–Trinajstić information content (AvgIpc) is 2.48.